The molecule has 0 spiro atoms. The molecule has 0 radical (unpaired) electrons. The van der Waals surface area contributed by atoms with Crippen LogP contribution in [0.25, 0.3) is 0 Å². The lowest BCUT2D eigenvalue weighted by Crippen LogP contribution is -2.35. The van der Waals surface area contributed by atoms with Crippen molar-refractivity contribution >= 4 is 0 Å². The maximum atomic E-state index is 5.87. The van der Waals surface area contributed by atoms with Crippen molar-refractivity contribution in [2.24, 2.45) is 0 Å². The molecule has 1 unspecified atom stereocenters. The molecule has 118 valence electrons. The fourth-order valence-corrected chi connectivity index (χ4v) is 2.51. The van der Waals surface area contributed by atoms with Gasteiger partial charge in [0, 0.05) is 25.7 Å². The Hall–Kier alpha value is -1.10. The summed E-state index contributed by atoms with van der Waals surface area (Å²) < 4.78 is 11.3. The highest BCUT2D eigenvalue weighted by Crippen LogP contribution is 2.14. The fourth-order valence-electron chi connectivity index (χ4n) is 2.51. The number of hydrogen-bond donors (Lipinski definition) is 1. The van der Waals surface area contributed by atoms with Crippen LogP contribution in [0.3, 0.4) is 0 Å². The maximum Gasteiger partial charge on any atom is 0.119 e. The van der Waals surface area contributed by atoms with Crippen LogP contribution in [0.4, 0.5) is 0 Å². The van der Waals surface area contributed by atoms with Crippen LogP contribution in [0.5, 0.6) is 5.75 Å². The van der Waals surface area contributed by atoms with Crippen LogP contribution < -0.4 is 10.1 Å². The number of nitrogens with zero attached hydrogens (tertiary/aromatic N) is 1. The molecule has 21 heavy (non-hydrogen) atoms. The highest BCUT2D eigenvalue weighted by Gasteiger charge is 2.19. The summed E-state index contributed by atoms with van der Waals surface area (Å²) in [5.41, 5.74) is 1.28. The Labute approximate surface area is 128 Å². The zero-order valence-corrected chi connectivity index (χ0v) is 13.3. The Morgan fingerprint density at radius 3 is 3.10 bits per heavy atom. The predicted molar refractivity (Wildman–Crippen MR) is 85.8 cm³/mol. The molecular weight excluding hydrogens is 264 g/mol. The molecule has 4 heteroatoms. The fraction of sp³-hybridized carbons (Fsp3) is 0.647. The lowest BCUT2D eigenvalue weighted by Gasteiger charge is -2.22. The summed E-state index contributed by atoms with van der Waals surface area (Å²) in [4.78, 5) is 2.33. The molecule has 1 heterocycles. The van der Waals surface area contributed by atoms with Crippen molar-refractivity contribution in [3.05, 3.63) is 29.8 Å². The van der Waals surface area contributed by atoms with E-state index in [0.29, 0.717) is 6.04 Å². The highest BCUT2D eigenvalue weighted by molar-refractivity contribution is 5.28. The SMILES string of the molecule is CCCNCc1cccc(OCCN(C)C2CCOC2)c1. The summed E-state index contributed by atoms with van der Waals surface area (Å²) in [5.74, 6) is 0.960. The molecule has 1 aromatic carbocycles. The molecule has 1 N–H and O–H groups in total. The summed E-state index contributed by atoms with van der Waals surface area (Å²) in [6.45, 7) is 7.55. The van der Waals surface area contributed by atoms with Crippen LogP contribution in [-0.2, 0) is 11.3 Å². The third-order valence-corrected chi connectivity index (χ3v) is 3.90. The Morgan fingerprint density at radius 1 is 1.43 bits per heavy atom. The van der Waals surface area contributed by atoms with E-state index in [4.69, 9.17) is 9.47 Å². The van der Waals surface area contributed by atoms with Crippen LogP contribution in [0, 0.1) is 0 Å². The number of hydrogen-bond acceptors (Lipinski definition) is 4. The van der Waals surface area contributed by atoms with Gasteiger partial charge in [0.25, 0.3) is 0 Å². The molecule has 1 fully saturated rings. The Balaban J connectivity index is 1.70. The van der Waals surface area contributed by atoms with Gasteiger partial charge in [0.1, 0.15) is 12.4 Å². The minimum Gasteiger partial charge on any atom is -0.492 e. The molecule has 1 aliphatic heterocycles. The third kappa shape index (κ3) is 5.65. The summed E-state index contributed by atoms with van der Waals surface area (Å²) in [6, 6.07) is 8.91. The predicted octanol–water partition coefficient (Wildman–Crippen LogP) is 2.29. The van der Waals surface area contributed by atoms with E-state index in [2.05, 4.69) is 42.4 Å². The van der Waals surface area contributed by atoms with Crippen molar-refractivity contribution in [3.63, 3.8) is 0 Å². The van der Waals surface area contributed by atoms with Gasteiger partial charge in [0.15, 0.2) is 0 Å². The highest BCUT2D eigenvalue weighted by atomic mass is 16.5. The summed E-state index contributed by atoms with van der Waals surface area (Å²) >= 11 is 0. The average molecular weight is 292 g/mol. The molecule has 0 bridgehead atoms. The second kappa shape index (κ2) is 9.03. The van der Waals surface area contributed by atoms with Gasteiger partial charge in [-0.15, -0.1) is 0 Å². The van der Waals surface area contributed by atoms with Crippen LogP contribution in [-0.4, -0.2) is 50.9 Å². The summed E-state index contributed by atoms with van der Waals surface area (Å²) in [5, 5.41) is 3.41. The molecule has 1 saturated heterocycles. The first kappa shape index (κ1) is 16.3. The zero-order chi connectivity index (χ0) is 14.9. The van der Waals surface area contributed by atoms with E-state index >= 15 is 0 Å². The van der Waals surface area contributed by atoms with Gasteiger partial charge in [-0.25, -0.2) is 0 Å². The van der Waals surface area contributed by atoms with Gasteiger partial charge >= 0.3 is 0 Å². The van der Waals surface area contributed by atoms with Crippen molar-refractivity contribution in [1.29, 1.82) is 0 Å². The lowest BCUT2D eigenvalue weighted by atomic mass is 10.2. The first-order valence-electron chi connectivity index (χ1n) is 8.00. The molecular formula is C17H28N2O2. The van der Waals surface area contributed by atoms with E-state index in [1.54, 1.807) is 0 Å². The summed E-state index contributed by atoms with van der Waals surface area (Å²) in [6.07, 6.45) is 2.29. The lowest BCUT2D eigenvalue weighted by molar-refractivity contribution is 0.147. The Kier molecular flexibility index (Phi) is 7.00. The second-order valence-corrected chi connectivity index (χ2v) is 5.67. The molecule has 1 aliphatic rings. The molecule has 0 amide bonds. The number of likely N-dealkylation sites (N-methyl/N-ethyl adjacent to an activating group) is 1. The van der Waals surface area contributed by atoms with Crippen molar-refractivity contribution in [1.82, 2.24) is 10.2 Å². The molecule has 2 rings (SSSR count). The average Bonchev–Trinajstić information content (AvgIpc) is 3.02. The monoisotopic (exact) mass is 292 g/mol. The van der Waals surface area contributed by atoms with E-state index < -0.39 is 0 Å². The molecule has 1 aromatic rings. The molecule has 0 saturated carbocycles. The van der Waals surface area contributed by atoms with Gasteiger partial charge in [-0.05, 0) is 44.1 Å². The smallest absolute Gasteiger partial charge is 0.119 e. The molecule has 0 aliphatic carbocycles. The van der Waals surface area contributed by atoms with E-state index in [1.807, 2.05) is 6.07 Å². The first-order chi connectivity index (χ1) is 10.3. The number of nitrogens with one attached hydrogen (secondary N) is 1. The quantitative estimate of drug-likeness (QED) is 0.708. The van der Waals surface area contributed by atoms with Crippen molar-refractivity contribution < 1.29 is 9.47 Å². The first-order valence-corrected chi connectivity index (χ1v) is 8.00. The van der Waals surface area contributed by atoms with Crippen molar-refractivity contribution in [2.75, 3.05) is 40.0 Å². The van der Waals surface area contributed by atoms with Gasteiger partial charge in [-0.2, -0.15) is 0 Å². The van der Waals surface area contributed by atoms with Crippen LogP contribution in [0.2, 0.25) is 0 Å². The van der Waals surface area contributed by atoms with Crippen molar-refractivity contribution in [2.45, 2.75) is 32.4 Å². The standard InChI is InChI=1S/C17H28N2O2/c1-3-8-18-13-15-5-4-6-17(12-15)21-11-9-19(2)16-7-10-20-14-16/h4-6,12,16,18H,3,7-11,13-14H2,1-2H3. The minimum atomic E-state index is 0.554. The van der Waals surface area contributed by atoms with Crippen LogP contribution in [0.15, 0.2) is 24.3 Å². The second-order valence-electron chi connectivity index (χ2n) is 5.67. The molecule has 0 aromatic heterocycles. The van der Waals surface area contributed by atoms with Gasteiger partial charge in [0.05, 0.1) is 6.61 Å². The molecule has 1 atom stereocenters. The third-order valence-electron chi connectivity index (χ3n) is 3.90. The number of rotatable bonds is 9. The van der Waals surface area contributed by atoms with E-state index in [-0.39, 0.29) is 0 Å². The van der Waals surface area contributed by atoms with Crippen LogP contribution in [0.1, 0.15) is 25.3 Å². The summed E-state index contributed by atoms with van der Waals surface area (Å²) in [7, 11) is 2.15. The van der Waals surface area contributed by atoms with E-state index in [1.165, 1.54) is 5.56 Å². The number of ether oxygens (including phenoxy) is 2. The molecule has 4 nitrogen and oxygen atoms in total. The normalized spacial score (nSPS) is 18.3. The van der Waals surface area contributed by atoms with Gasteiger partial charge < -0.3 is 14.8 Å². The largest absolute Gasteiger partial charge is 0.492 e. The van der Waals surface area contributed by atoms with Gasteiger partial charge in [0.2, 0.25) is 0 Å². The van der Waals surface area contributed by atoms with Gasteiger partial charge in [-0.1, -0.05) is 19.1 Å². The van der Waals surface area contributed by atoms with E-state index in [9.17, 15) is 0 Å². The van der Waals surface area contributed by atoms with Gasteiger partial charge in [-0.3, -0.25) is 4.90 Å². The topological polar surface area (TPSA) is 33.7 Å². The maximum absolute atomic E-state index is 5.87. The Bertz CT molecular complexity index is 406. The van der Waals surface area contributed by atoms with E-state index in [0.717, 1.165) is 58.0 Å². The number of benzene rings is 1. The zero-order valence-electron chi connectivity index (χ0n) is 13.3. The Morgan fingerprint density at radius 2 is 2.33 bits per heavy atom. The van der Waals surface area contributed by atoms with Crippen molar-refractivity contribution in [3.8, 4) is 5.75 Å². The minimum absolute atomic E-state index is 0.554. The van der Waals surface area contributed by atoms with Crippen LogP contribution >= 0.6 is 0 Å².